The molecule has 1 aliphatic heterocycles. The zero-order chi connectivity index (χ0) is 14.0. The van der Waals surface area contributed by atoms with Gasteiger partial charge in [0.2, 0.25) is 11.8 Å². The lowest BCUT2D eigenvalue weighted by atomic mass is 10.1. The second-order valence-electron chi connectivity index (χ2n) is 4.91. The van der Waals surface area contributed by atoms with Crippen LogP contribution >= 0.6 is 11.3 Å². The van der Waals surface area contributed by atoms with Crippen molar-refractivity contribution in [2.45, 2.75) is 52.2 Å². The number of aryl methyl sites for hydroxylation is 1. The fraction of sp³-hybridized carbons (Fsp3) is 0.615. The van der Waals surface area contributed by atoms with Gasteiger partial charge in [0.05, 0.1) is 17.2 Å². The van der Waals surface area contributed by atoms with Crippen molar-refractivity contribution < 1.29 is 9.59 Å². The summed E-state index contributed by atoms with van der Waals surface area (Å²) in [7, 11) is 0. The first kappa shape index (κ1) is 14.0. The molecule has 1 aromatic heterocycles. The van der Waals surface area contributed by atoms with E-state index in [-0.39, 0.29) is 17.9 Å². The molecule has 2 atom stereocenters. The van der Waals surface area contributed by atoms with E-state index in [1.165, 1.54) is 0 Å². The van der Waals surface area contributed by atoms with E-state index in [0.717, 1.165) is 10.7 Å². The highest BCUT2D eigenvalue weighted by Gasteiger charge is 2.33. The van der Waals surface area contributed by atoms with Crippen LogP contribution in [-0.4, -0.2) is 33.8 Å². The van der Waals surface area contributed by atoms with E-state index in [9.17, 15) is 9.59 Å². The first-order valence-corrected chi connectivity index (χ1v) is 7.40. The van der Waals surface area contributed by atoms with Gasteiger partial charge < -0.3 is 10.2 Å². The normalized spacial score (nSPS) is 24.3. The number of nitrogens with one attached hydrogen (secondary N) is 1. The molecule has 2 unspecified atom stereocenters. The molecule has 0 spiro atoms. The van der Waals surface area contributed by atoms with Crippen LogP contribution in [0.3, 0.4) is 0 Å². The van der Waals surface area contributed by atoms with Gasteiger partial charge in [-0.3, -0.25) is 9.59 Å². The standard InChI is InChI=1S/C13H19N3O2S/c1-4-11-13(18)16(8(2)5-12(17)15-11)6-10-7-19-9(3)14-10/h7-8,11H,4-6H2,1-3H3,(H,15,17). The highest BCUT2D eigenvalue weighted by molar-refractivity contribution is 7.09. The van der Waals surface area contributed by atoms with Crippen LogP contribution in [0.1, 0.15) is 37.4 Å². The van der Waals surface area contributed by atoms with Crippen molar-refractivity contribution in [3.8, 4) is 0 Å². The monoisotopic (exact) mass is 281 g/mol. The molecule has 5 nitrogen and oxygen atoms in total. The minimum absolute atomic E-state index is 0.00787. The van der Waals surface area contributed by atoms with Gasteiger partial charge in [-0.15, -0.1) is 11.3 Å². The number of carbonyl (C=O) groups is 2. The van der Waals surface area contributed by atoms with Crippen molar-refractivity contribution in [3.05, 3.63) is 16.1 Å². The maximum absolute atomic E-state index is 12.4. The maximum Gasteiger partial charge on any atom is 0.245 e. The van der Waals surface area contributed by atoms with E-state index in [1.807, 2.05) is 26.2 Å². The van der Waals surface area contributed by atoms with Gasteiger partial charge in [0.15, 0.2) is 0 Å². The quantitative estimate of drug-likeness (QED) is 0.912. The fourth-order valence-electron chi connectivity index (χ4n) is 2.28. The average molecular weight is 281 g/mol. The predicted octanol–water partition coefficient (Wildman–Crippen LogP) is 1.47. The molecule has 1 N–H and O–H groups in total. The van der Waals surface area contributed by atoms with Gasteiger partial charge in [-0.05, 0) is 20.3 Å². The van der Waals surface area contributed by atoms with Gasteiger partial charge in [-0.1, -0.05) is 6.92 Å². The lowest BCUT2D eigenvalue weighted by Gasteiger charge is -2.27. The Balaban J connectivity index is 2.19. The number of thiazole rings is 1. The summed E-state index contributed by atoms with van der Waals surface area (Å²) in [6.07, 6.45) is 0.968. The zero-order valence-corrected chi connectivity index (χ0v) is 12.3. The second kappa shape index (κ2) is 5.69. The Morgan fingerprint density at radius 2 is 2.26 bits per heavy atom. The van der Waals surface area contributed by atoms with Crippen LogP contribution in [0.25, 0.3) is 0 Å². The molecule has 2 rings (SSSR count). The number of hydrogen-bond acceptors (Lipinski definition) is 4. The van der Waals surface area contributed by atoms with E-state index in [2.05, 4.69) is 10.3 Å². The highest BCUT2D eigenvalue weighted by Crippen LogP contribution is 2.18. The molecule has 19 heavy (non-hydrogen) atoms. The molecule has 2 amide bonds. The van der Waals surface area contributed by atoms with Crippen molar-refractivity contribution in [1.82, 2.24) is 15.2 Å². The summed E-state index contributed by atoms with van der Waals surface area (Å²) >= 11 is 1.58. The largest absolute Gasteiger partial charge is 0.344 e. The molecule has 0 bridgehead atoms. The van der Waals surface area contributed by atoms with Crippen molar-refractivity contribution in [2.75, 3.05) is 0 Å². The Morgan fingerprint density at radius 1 is 1.53 bits per heavy atom. The summed E-state index contributed by atoms with van der Waals surface area (Å²) in [6.45, 7) is 6.25. The van der Waals surface area contributed by atoms with Gasteiger partial charge in [0.1, 0.15) is 6.04 Å². The van der Waals surface area contributed by atoms with Crippen LogP contribution in [0, 0.1) is 6.92 Å². The Hall–Kier alpha value is -1.43. The third kappa shape index (κ3) is 3.12. The van der Waals surface area contributed by atoms with Crippen molar-refractivity contribution in [1.29, 1.82) is 0 Å². The lowest BCUT2D eigenvalue weighted by Crippen LogP contribution is -2.45. The van der Waals surface area contributed by atoms with Crippen LogP contribution in [-0.2, 0) is 16.1 Å². The molecule has 0 aliphatic carbocycles. The van der Waals surface area contributed by atoms with Gasteiger partial charge in [0.25, 0.3) is 0 Å². The summed E-state index contributed by atoms with van der Waals surface area (Å²) in [6, 6.07) is -0.497. The highest BCUT2D eigenvalue weighted by atomic mass is 32.1. The smallest absolute Gasteiger partial charge is 0.245 e. The Kier molecular flexibility index (Phi) is 4.19. The molecular formula is C13H19N3O2S. The van der Waals surface area contributed by atoms with E-state index in [0.29, 0.717) is 19.4 Å². The Labute approximate surface area is 117 Å². The molecule has 0 aromatic carbocycles. The van der Waals surface area contributed by atoms with Crippen LogP contribution in [0.15, 0.2) is 5.38 Å². The fourth-order valence-corrected chi connectivity index (χ4v) is 2.88. The zero-order valence-electron chi connectivity index (χ0n) is 11.5. The summed E-state index contributed by atoms with van der Waals surface area (Å²) in [4.78, 5) is 30.3. The van der Waals surface area contributed by atoms with Gasteiger partial charge >= 0.3 is 0 Å². The minimum Gasteiger partial charge on any atom is -0.344 e. The molecule has 1 aromatic rings. The van der Waals surface area contributed by atoms with Crippen molar-refractivity contribution in [2.24, 2.45) is 0 Å². The molecule has 0 radical (unpaired) electrons. The van der Waals surface area contributed by atoms with Gasteiger partial charge in [-0.25, -0.2) is 4.98 Å². The van der Waals surface area contributed by atoms with E-state index < -0.39 is 6.04 Å². The molecule has 104 valence electrons. The van der Waals surface area contributed by atoms with E-state index in [1.54, 1.807) is 16.2 Å². The summed E-state index contributed by atoms with van der Waals surface area (Å²) in [5.74, 6) is -0.0591. The third-order valence-electron chi connectivity index (χ3n) is 3.34. The molecule has 0 saturated carbocycles. The predicted molar refractivity (Wildman–Crippen MR) is 73.7 cm³/mol. The Morgan fingerprint density at radius 3 is 2.84 bits per heavy atom. The maximum atomic E-state index is 12.4. The third-order valence-corrected chi connectivity index (χ3v) is 4.16. The SMILES string of the molecule is CCC1NC(=O)CC(C)N(Cc2csc(C)n2)C1=O. The first-order valence-electron chi connectivity index (χ1n) is 6.52. The number of nitrogens with zero attached hydrogens (tertiary/aromatic N) is 2. The van der Waals surface area contributed by atoms with Crippen LogP contribution in [0.4, 0.5) is 0 Å². The number of amides is 2. The van der Waals surface area contributed by atoms with Crippen molar-refractivity contribution >= 4 is 23.2 Å². The van der Waals surface area contributed by atoms with Crippen molar-refractivity contribution in [3.63, 3.8) is 0 Å². The molecular weight excluding hydrogens is 262 g/mol. The van der Waals surface area contributed by atoms with Crippen LogP contribution < -0.4 is 5.32 Å². The summed E-state index contributed by atoms with van der Waals surface area (Å²) < 4.78 is 0. The second-order valence-corrected chi connectivity index (χ2v) is 5.97. The van der Waals surface area contributed by atoms with E-state index >= 15 is 0 Å². The van der Waals surface area contributed by atoms with Crippen LogP contribution in [0.2, 0.25) is 0 Å². The molecule has 1 fully saturated rings. The molecule has 1 saturated heterocycles. The minimum atomic E-state index is -0.405. The molecule has 1 aliphatic rings. The van der Waals surface area contributed by atoms with Gasteiger partial charge in [-0.2, -0.15) is 0 Å². The molecule has 2 heterocycles. The van der Waals surface area contributed by atoms with Crippen LogP contribution in [0.5, 0.6) is 0 Å². The number of aromatic nitrogens is 1. The number of rotatable bonds is 3. The first-order chi connectivity index (χ1) is 9.01. The summed E-state index contributed by atoms with van der Waals surface area (Å²) in [5.41, 5.74) is 0.895. The lowest BCUT2D eigenvalue weighted by molar-refractivity contribution is -0.135. The topological polar surface area (TPSA) is 62.3 Å². The number of carbonyl (C=O) groups excluding carboxylic acids is 2. The number of hydrogen-bond donors (Lipinski definition) is 1. The summed E-state index contributed by atoms with van der Waals surface area (Å²) in [5, 5.41) is 5.74. The Bertz CT molecular complexity index is 486. The average Bonchev–Trinajstić information content (AvgIpc) is 2.73. The molecule has 6 heteroatoms. The van der Waals surface area contributed by atoms with E-state index in [4.69, 9.17) is 0 Å². The van der Waals surface area contributed by atoms with Gasteiger partial charge in [0, 0.05) is 17.8 Å².